The van der Waals surface area contributed by atoms with Crippen molar-refractivity contribution in [2.45, 2.75) is 0 Å². The lowest BCUT2D eigenvalue weighted by Gasteiger charge is -2.08. The summed E-state index contributed by atoms with van der Waals surface area (Å²) in [4.78, 5) is 4.62. The van der Waals surface area contributed by atoms with Crippen LogP contribution >= 0.6 is 11.6 Å². The second-order valence-electron chi connectivity index (χ2n) is 5.26. The normalized spacial score (nSPS) is 11.0. The standard InChI is InChI=1S/C18H13ClN4/c19-13-8-6-11(7-9-13)14-10-15(12-4-2-1-3-5-12)21-18-16(14)17(20)22-23-18/h1-10H,(H3,20,21,22,23). The quantitative estimate of drug-likeness (QED) is 0.570. The maximum atomic E-state index is 6.05. The van der Waals surface area contributed by atoms with Crippen LogP contribution in [0.1, 0.15) is 0 Å². The van der Waals surface area contributed by atoms with Gasteiger partial charge in [0, 0.05) is 10.6 Å². The highest BCUT2D eigenvalue weighted by Gasteiger charge is 2.14. The summed E-state index contributed by atoms with van der Waals surface area (Å²) in [6.07, 6.45) is 0. The van der Waals surface area contributed by atoms with Crippen LogP contribution < -0.4 is 5.73 Å². The lowest BCUT2D eigenvalue weighted by Crippen LogP contribution is -1.91. The third-order valence-electron chi connectivity index (χ3n) is 3.78. The molecular formula is C18H13ClN4. The summed E-state index contributed by atoms with van der Waals surface area (Å²) < 4.78 is 0. The van der Waals surface area contributed by atoms with Crippen molar-refractivity contribution in [3.8, 4) is 22.4 Å². The number of hydrogen-bond acceptors (Lipinski definition) is 3. The van der Waals surface area contributed by atoms with Crippen molar-refractivity contribution < 1.29 is 0 Å². The number of hydrogen-bond donors (Lipinski definition) is 2. The Labute approximate surface area is 137 Å². The minimum Gasteiger partial charge on any atom is -0.383 e. The number of rotatable bonds is 2. The molecule has 5 heteroatoms. The molecule has 0 fully saturated rings. The molecule has 0 saturated heterocycles. The molecule has 4 nitrogen and oxygen atoms in total. The summed E-state index contributed by atoms with van der Waals surface area (Å²) in [6.45, 7) is 0. The van der Waals surface area contributed by atoms with Crippen LogP contribution in [-0.2, 0) is 0 Å². The third kappa shape index (κ3) is 2.43. The molecule has 0 unspecified atom stereocenters. The zero-order valence-corrected chi connectivity index (χ0v) is 12.9. The summed E-state index contributed by atoms with van der Waals surface area (Å²) in [5, 5.41) is 8.56. The van der Waals surface area contributed by atoms with Crippen LogP contribution in [0.2, 0.25) is 5.02 Å². The lowest BCUT2D eigenvalue weighted by atomic mass is 10.0. The molecular weight excluding hydrogens is 308 g/mol. The van der Waals surface area contributed by atoms with E-state index in [1.54, 1.807) is 0 Å². The zero-order chi connectivity index (χ0) is 15.8. The SMILES string of the molecule is Nc1[nH]nc2nc(-c3ccccc3)cc(-c3ccc(Cl)cc3)c12. The first-order chi connectivity index (χ1) is 11.2. The minimum absolute atomic E-state index is 0.511. The number of aromatic nitrogens is 3. The molecule has 0 atom stereocenters. The van der Waals surface area contributed by atoms with E-state index in [0.717, 1.165) is 27.8 Å². The Balaban J connectivity index is 2.01. The highest BCUT2D eigenvalue weighted by atomic mass is 35.5. The topological polar surface area (TPSA) is 67.6 Å². The predicted octanol–water partition coefficient (Wildman–Crippen LogP) is 4.53. The number of pyridine rings is 1. The molecule has 0 radical (unpaired) electrons. The Hall–Kier alpha value is -2.85. The van der Waals surface area contributed by atoms with Crippen molar-refractivity contribution in [2.75, 3.05) is 5.73 Å². The van der Waals surface area contributed by atoms with E-state index in [4.69, 9.17) is 17.3 Å². The fourth-order valence-electron chi connectivity index (χ4n) is 2.66. The van der Waals surface area contributed by atoms with Gasteiger partial charge in [0.05, 0.1) is 11.1 Å². The van der Waals surface area contributed by atoms with E-state index in [1.807, 2.05) is 60.7 Å². The van der Waals surface area contributed by atoms with Crippen molar-refractivity contribution in [1.29, 1.82) is 0 Å². The van der Waals surface area contributed by atoms with Gasteiger partial charge in [-0.05, 0) is 29.3 Å². The zero-order valence-electron chi connectivity index (χ0n) is 12.1. The van der Waals surface area contributed by atoms with Crippen molar-refractivity contribution >= 4 is 28.5 Å². The van der Waals surface area contributed by atoms with Gasteiger partial charge in [-0.25, -0.2) is 4.98 Å². The summed E-state index contributed by atoms with van der Waals surface area (Å²) in [7, 11) is 0. The van der Waals surface area contributed by atoms with E-state index >= 15 is 0 Å². The van der Waals surface area contributed by atoms with Crippen molar-refractivity contribution in [2.24, 2.45) is 0 Å². The van der Waals surface area contributed by atoms with Gasteiger partial charge in [-0.1, -0.05) is 54.1 Å². The first-order valence-corrected chi connectivity index (χ1v) is 7.56. The molecule has 4 aromatic rings. The van der Waals surface area contributed by atoms with Gasteiger partial charge in [0.25, 0.3) is 0 Å². The number of H-pyrrole nitrogens is 1. The fraction of sp³-hybridized carbons (Fsp3) is 0. The monoisotopic (exact) mass is 320 g/mol. The molecule has 0 aliphatic carbocycles. The molecule has 2 heterocycles. The maximum absolute atomic E-state index is 6.05. The maximum Gasteiger partial charge on any atom is 0.184 e. The molecule has 2 aromatic carbocycles. The Morgan fingerprint density at radius 1 is 0.913 bits per heavy atom. The van der Waals surface area contributed by atoms with E-state index in [0.29, 0.717) is 16.5 Å². The summed E-state index contributed by atoms with van der Waals surface area (Å²) in [5.41, 5.74) is 10.5. The lowest BCUT2D eigenvalue weighted by molar-refractivity contribution is 1.11. The van der Waals surface area contributed by atoms with E-state index in [1.165, 1.54) is 0 Å². The van der Waals surface area contributed by atoms with Crippen LogP contribution in [0.3, 0.4) is 0 Å². The van der Waals surface area contributed by atoms with Gasteiger partial charge in [-0.3, -0.25) is 5.10 Å². The van der Waals surface area contributed by atoms with Gasteiger partial charge in [-0.2, -0.15) is 5.10 Å². The van der Waals surface area contributed by atoms with Crippen LogP contribution in [-0.4, -0.2) is 15.2 Å². The fourth-order valence-corrected chi connectivity index (χ4v) is 2.79. The van der Waals surface area contributed by atoms with Gasteiger partial charge in [0.15, 0.2) is 5.65 Å². The summed E-state index contributed by atoms with van der Waals surface area (Å²) >= 11 is 6.00. The van der Waals surface area contributed by atoms with Gasteiger partial charge in [-0.15, -0.1) is 0 Å². The number of benzene rings is 2. The molecule has 0 aliphatic heterocycles. The van der Waals surface area contributed by atoms with E-state index < -0.39 is 0 Å². The van der Waals surface area contributed by atoms with Gasteiger partial charge < -0.3 is 5.73 Å². The van der Waals surface area contributed by atoms with Gasteiger partial charge >= 0.3 is 0 Å². The number of aromatic amines is 1. The van der Waals surface area contributed by atoms with Crippen molar-refractivity contribution in [1.82, 2.24) is 15.2 Å². The molecule has 2 aromatic heterocycles. The number of nitrogens with one attached hydrogen (secondary N) is 1. The number of nitrogens with two attached hydrogens (primary N) is 1. The molecule has 112 valence electrons. The van der Waals surface area contributed by atoms with Crippen molar-refractivity contribution in [3.63, 3.8) is 0 Å². The van der Waals surface area contributed by atoms with Crippen molar-refractivity contribution in [3.05, 3.63) is 65.7 Å². The molecule has 0 saturated carbocycles. The second-order valence-corrected chi connectivity index (χ2v) is 5.70. The van der Waals surface area contributed by atoms with Gasteiger partial charge in [0.2, 0.25) is 0 Å². The second kappa shape index (κ2) is 5.41. The smallest absolute Gasteiger partial charge is 0.184 e. The Kier molecular flexibility index (Phi) is 3.24. The summed E-state index contributed by atoms with van der Waals surface area (Å²) in [6, 6.07) is 19.7. The molecule has 3 N–H and O–H groups in total. The molecule has 23 heavy (non-hydrogen) atoms. The molecule has 0 spiro atoms. The number of fused-ring (bicyclic) bond motifs is 1. The van der Waals surface area contributed by atoms with E-state index in [2.05, 4.69) is 15.2 Å². The Morgan fingerprint density at radius 2 is 1.65 bits per heavy atom. The molecule has 0 bridgehead atoms. The Morgan fingerprint density at radius 3 is 2.39 bits per heavy atom. The van der Waals surface area contributed by atoms with Crippen LogP contribution in [0.5, 0.6) is 0 Å². The number of nitrogen functional groups attached to an aromatic ring is 1. The third-order valence-corrected chi connectivity index (χ3v) is 4.03. The predicted molar refractivity (Wildman–Crippen MR) is 94.2 cm³/mol. The first kappa shape index (κ1) is 13.8. The van der Waals surface area contributed by atoms with Crippen LogP contribution in [0.25, 0.3) is 33.4 Å². The van der Waals surface area contributed by atoms with Crippen LogP contribution in [0.15, 0.2) is 60.7 Å². The highest BCUT2D eigenvalue weighted by molar-refractivity contribution is 6.30. The largest absolute Gasteiger partial charge is 0.383 e. The average Bonchev–Trinajstić information content (AvgIpc) is 2.97. The minimum atomic E-state index is 0.511. The van der Waals surface area contributed by atoms with Crippen LogP contribution in [0.4, 0.5) is 5.82 Å². The van der Waals surface area contributed by atoms with Gasteiger partial charge in [0.1, 0.15) is 5.82 Å². The number of halogens is 1. The number of nitrogens with zero attached hydrogens (tertiary/aromatic N) is 2. The van der Waals surface area contributed by atoms with E-state index in [9.17, 15) is 0 Å². The van der Waals surface area contributed by atoms with E-state index in [-0.39, 0.29) is 0 Å². The molecule has 0 aliphatic rings. The highest BCUT2D eigenvalue weighted by Crippen LogP contribution is 2.34. The average molecular weight is 321 g/mol. The molecule has 4 rings (SSSR count). The first-order valence-electron chi connectivity index (χ1n) is 7.18. The van der Waals surface area contributed by atoms with Crippen LogP contribution in [0, 0.1) is 0 Å². The summed E-state index contributed by atoms with van der Waals surface area (Å²) in [5.74, 6) is 0.511. The Bertz CT molecular complexity index is 975. The number of anilines is 1. The molecule has 0 amide bonds.